The van der Waals surface area contributed by atoms with Crippen LogP contribution in [0.25, 0.3) is 0 Å². The highest BCUT2D eigenvalue weighted by molar-refractivity contribution is 6.04. The lowest BCUT2D eigenvalue weighted by atomic mass is 10.1. The number of nitriles is 1. The monoisotopic (exact) mass is 249 g/mol. The highest BCUT2D eigenvalue weighted by Crippen LogP contribution is 2.33. The Morgan fingerprint density at radius 3 is 2.68 bits per heavy atom. The Hall–Kier alpha value is -2.80. The Balaban J connectivity index is 1.96. The minimum atomic E-state index is -0.453. The molecule has 0 radical (unpaired) electrons. The number of anilines is 2. The zero-order valence-electron chi connectivity index (χ0n) is 10.1. The maximum absolute atomic E-state index is 12.0. The fraction of sp³-hybridized carbons (Fsp3) is 0.0667. The van der Waals surface area contributed by atoms with Crippen molar-refractivity contribution >= 4 is 17.3 Å². The van der Waals surface area contributed by atoms with Gasteiger partial charge in [-0.3, -0.25) is 4.79 Å². The van der Waals surface area contributed by atoms with Gasteiger partial charge in [0.15, 0.2) is 0 Å². The molecule has 4 nitrogen and oxygen atoms in total. The zero-order valence-corrected chi connectivity index (χ0v) is 10.1. The molecule has 0 aromatic heterocycles. The van der Waals surface area contributed by atoms with Gasteiger partial charge in [-0.25, -0.2) is 0 Å². The first kappa shape index (κ1) is 11.3. The van der Waals surface area contributed by atoms with Gasteiger partial charge in [-0.2, -0.15) is 5.26 Å². The van der Waals surface area contributed by atoms with Crippen LogP contribution in [0.5, 0.6) is 0 Å². The minimum absolute atomic E-state index is 0.103. The summed E-state index contributed by atoms with van der Waals surface area (Å²) in [6.45, 7) is 0. The first-order valence-electron chi connectivity index (χ1n) is 5.95. The Morgan fingerprint density at radius 2 is 1.84 bits per heavy atom. The van der Waals surface area contributed by atoms with Crippen molar-refractivity contribution in [3.8, 4) is 6.07 Å². The van der Waals surface area contributed by atoms with Gasteiger partial charge in [-0.1, -0.05) is 30.3 Å². The summed E-state index contributed by atoms with van der Waals surface area (Å²) in [5.41, 5.74) is 2.92. The summed E-state index contributed by atoms with van der Waals surface area (Å²) in [5.74, 6) is -0.103. The number of carbonyl (C=O) groups is 1. The lowest BCUT2D eigenvalue weighted by molar-refractivity contribution is -0.116. The number of benzene rings is 2. The molecule has 1 atom stereocenters. The van der Waals surface area contributed by atoms with Crippen LogP contribution in [-0.2, 0) is 4.79 Å². The van der Waals surface area contributed by atoms with Crippen LogP contribution in [0.2, 0.25) is 0 Å². The SMILES string of the molecule is N#Cc1ccccc1NC1C(=O)Nc2ccccc21. The lowest BCUT2D eigenvalue weighted by Crippen LogP contribution is -2.20. The van der Waals surface area contributed by atoms with Crippen molar-refractivity contribution in [3.63, 3.8) is 0 Å². The van der Waals surface area contributed by atoms with Crippen LogP contribution >= 0.6 is 0 Å². The molecule has 0 bridgehead atoms. The molecule has 0 saturated carbocycles. The normalized spacial score (nSPS) is 16.4. The molecule has 0 aliphatic carbocycles. The average Bonchev–Trinajstić information content (AvgIpc) is 2.76. The lowest BCUT2D eigenvalue weighted by Gasteiger charge is -2.13. The summed E-state index contributed by atoms with van der Waals surface area (Å²) < 4.78 is 0. The number of fused-ring (bicyclic) bond motifs is 1. The van der Waals surface area contributed by atoms with E-state index in [1.165, 1.54) is 0 Å². The summed E-state index contributed by atoms with van der Waals surface area (Å²) in [4.78, 5) is 12.0. The van der Waals surface area contributed by atoms with Gasteiger partial charge in [0.1, 0.15) is 12.1 Å². The smallest absolute Gasteiger partial charge is 0.251 e. The Bertz CT molecular complexity index is 688. The number of carbonyl (C=O) groups excluding carboxylic acids is 1. The molecule has 1 aliphatic rings. The highest BCUT2D eigenvalue weighted by atomic mass is 16.2. The first-order valence-corrected chi connectivity index (χ1v) is 5.95. The number of amides is 1. The Morgan fingerprint density at radius 1 is 1.11 bits per heavy atom. The fourth-order valence-electron chi connectivity index (χ4n) is 2.21. The molecule has 0 spiro atoms. The van der Waals surface area contributed by atoms with Crippen LogP contribution in [0.1, 0.15) is 17.2 Å². The summed E-state index contributed by atoms with van der Waals surface area (Å²) >= 11 is 0. The van der Waals surface area contributed by atoms with E-state index in [0.717, 1.165) is 11.3 Å². The number of nitrogens with zero attached hydrogens (tertiary/aromatic N) is 1. The molecular weight excluding hydrogens is 238 g/mol. The van der Waals surface area contributed by atoms with Crippen molar-refractivity contribution in [2.45, 2.75) is 6.04 Å². The number of para-hydroxylation sites is 2. The largest absolute Gasteiger partial charge is 0.369 e. The van der Waals surface area contributed by atoms with Gasteiger partial charge in [-0.15, -0.1) is 0 Å². The van der Waals surface area contributed by atoms with E-state index >= 15 is 0 Å². The van der Waals surface area contributed by atoms with Crippen LogP contribution in [0.15, 0.2) is 48.5 Å². The van der Waals surface area contributed by atoms with Crippen molar-refractivity contribution in [2.75, 3.05) is 10.6 Å². The van der Waals surface area contributed by atoms with Crippen molar-refractivity contribution in [3.05, 3.63) is 59.7 Å². The quantitative estimate of drug-likeness (QED) is 0.860. The molecule has 1 unspecified atom stereocenters. The molecule has 4 heteroatoms. The molecule has 2 aromatic carbocycles. The van der Waals surface area contributed by atoms with E-state index in [1.807, 2.05) is 30.3 Å². The maximum Gasteiger partial charge on any atom is 0.251 e. The van der Waals surface area contributed by atoms with Crippen LogP contribution in [-0.4, -0.2) is 5.91 Å². The van der Waals surface area contributed by atoms with Crippen LogP contribution in [0.4, 0.5) is 11.4 Å². The van der Waals surface area contributed by atoms with Crippen molar-refractivity contribution in [1.82, 2.24) is 0 Å². The maximum atomic E-state index is 12.0. The third kappa shape index (κ3) is 1.91. The zero-order chi connectivity index (χ0) is 13.2. The Kier molecular flexibility index (Phi) is 2.66. The molecule has 0 saturated heterocycles. The first-order chi connectivity index (χ1) is 9.29. The number of hydrogen-bond donors (Lipinski definition) is 2. The van der Waals surface area contributed by atoms with Crippen molar-refractivity contribution in [2.24, 2.45) is 0 Å². The highest BCUT2D eigenvalue weighted by Gasteiger charge is 2.30. The van der Waals surface area contributed by atoms with Gasteiger partial charge in [0.2, 0.25) is 0 Å². The fourth-order valence-corrected chi connectivity index (χ4v) is 2.21. The summed E-state index contributed by atoms with van der Waals surface area (Å²) in [6.07, 6.45) is 0. The van der Waals surface area contributed by atoms with Gasteiger partial charge >= 0.3 is 0 Å². The topological polar surface area (TPSA) is 64.9 Å². The van der Waals surface area contributed by atoms with E-state index in [9.17, 15) is 4.79 Å². The Labute approximate surface area is 110 Å². The van der Waals surface area contributed by atoms with Crippen LogP contribution < -0.4 is 10.6 Å². The number of rotatable bonds is 2. The number of nitrogens with one attached hydrogen (secondary N) is 2. The molecule has 1 aliphatic heterocycles. The second kappa shape index (κ2) is 4.46. The van der Waals surface area contributed by atoms with Crippen LogP contribution in [0.3, 0.4) is 0 Å². The third-order valence-corrected chi connectivity index (χ3v) is 3.14. The van der Waals surface area contributed by atoms with E-state index in [2.05, 4.69) is 16.7 Å². The van der Waals surface area contributed by atoms with E-state index < -0.39 is 6.04 Å². The second-order valence-electron chi connectivity index (χ2n) is 4.31. The molecule has 2 aromatic rings. The number of hydrogen-bond acceptors (Lipinski definition) is 3. The average molecular weight is 249 g/mol. The standard InChI is InChI=1S/C15H11N3O/c16-9-10-5-1-3-7-12(10)17-14-11-6-2-4-8-13(11)18-15(14)19/h1-8,14,17H,(H,18,19). The molecule has 1 heterocycles. The molecule has 2 N–H and O–H groups in total. The van der Waals surface area contributed by atoms with Gasteiger partial charge in [0.25, 0.3) is 5.91 Å². The molecule has 3 rings (SSSR count). The predicted octanol–water partition coefficient (Wildman–Crippen LogP) is 2.66. The molecule has 1 amide bonds. The van der Waals surface area contributed by atoms with E-state index in [1.54, 1.807) is 18.2 Å². The second-order valence-corrected chi connectivity index (χ2v) is 4.31. The van der Waals surface area contributed by atoms with E-state index in [0.29, 0.717) is 11.3 Å². The molecule has 19 heavy (non-hydrogen) atoms. The van der Waals surface area contributed by atoms with Gasteiger partial charge in [0, 0.05) is 11.3 Å². The minimum Gasteiger partial charge on any atom is -0.369 e. The summed E-state index contributed by atoms with van der Waals surface area (Å²) in [6, 6.07) is 16.4. The van der Waals surface area contributed by atoms with Crippen LogP contribution in [0, 0.1) is 11.3 Å². The molecular formula is C15H11N3O. The molecule has 92 valence electrons. The third-order valence-electron chi connectivity index (χ3n) is 3.14. The van der Waals surface area contributed by atoms with E-state index in [4.69, 9.17) is 5.26 Å². The van der Waals surface area contributed by atoms with Crippen molar-refractivity contribution < 1.29 is 4.79 Å². The van der Waals surface area contributed by atoms with E-state index in [-0.39, 0.29) is 5.91 Å². The predicted molar refractivity (Wildman–Crippen MR) is 72.6 cm³/mol. The molecule has 0 fully saturated rings. The van der Waals surface area contributed by atoms with Gasteiger partial charge in [-0.05, 0) is 18.2 Å². The van der Waals surface area contributed by atoms with Gasteiger partial charge < -0.3 is 10.6 Å². The summed E-state index contributed by atoms with van der Waals surface area (Å²) in [5, 5.41) is 15.0. The summed E-state index contributed by atoms with van der Waals surface area (Å²) in [7, 11) is 0. The van der Waals surface area contributed by atoms with Crippen molar-refractivity contribution in [1.29, 1.82) is 5.26 Å². The van der Waals surface area contributed by atoms with Gasteiger partial charge in [0.05, 0.1) is 11.3 Å².